The molecule has 1 amide bonds. The Morgan fingerprint density at radius 3 is 1.94 bits per heavy atom. The van der Waals surface area contributed by atoms with Crippen LogP contribution in [0.1, 0.15) is 53.9 Å². The van der Waals surface area contributed by atoms with Crippen LogP contribution in [0.5, 0.6) is 0 Å². The van der Waals surface area contributed by atoms with Crippen LogP contribution in [0.2, 0.25) is 0 Å². The van der Waals surface area contributed by atoms with E-state index >= 15 is 0 Å². The number of hydrogen-bond donors (Lipinski definition) is 1. The first-order valence-corrected chi connectivity index (χ1v) is 7.30. The fourth-order valence-corrected chi connectivity index (χ4v) is 1.52. The quantitative estimate of drug-likeness (QED) is 0.626. The van der Waals surface area contributed by atoms with Crippen molar-refractivity contribution in [2.45, 2.75) is 53.9 Å². The van der Waals surface area contributed by atoms with E-state index in [1.165, 1.54) is 32.4 Å². The van der Waals surface area contributed by atoms with Crippen molar-refractivity contribution in [1.29, 1.82) is 0 Å². The second-order valence-electron chi connectivity index (χ2n) is 3.24. The number of carbonyl (C=O) groups is 1. The second kappa shape index (κ2) is 25.3. The van der Waals surface area contributed by atoms with E-state index in [1.807, 2.05) is 27.7 Å². The highest BCUT2D eigenvalue weighted by atomic mass is 16.5. The van der Waals surface area contributed by atoms with Crippen molar-refractivity contribution in [3.63, 3.8) is 0 Å². The third kappa shape index (κ3) is 20.8. The first-order chi connectivity index (χ1) is 8.85. The molecule has 0 aromatic rings. The van der Waals surface area contributed by atoms with Crippen molar-refractivity contribution in [3.05, 3.63) is 0 Å². The monoisotopic (exact) mass is 262 g/mol. The maximum Gasteiger partial charge on any atom is 0.204 e. The average Bonchev–Trinajstić information content (AvgIpc) is 2.46. The number of carbonyl (C=O) groups excluding carboxylic acids is 1. The minimum Gasteiger partial charge on any atom is -0.380 e. The Bertz CT molecular complexity index is 127. The van der Waals surface area contributed by atoms with Gasteiger partial charge in [0.2, 0.25) is 6.41 Å². The van der Waals surface area contributed by atoms with E-state index in [9.17, 15) is 0 Å². The van der Waals surface area contributed by atoms with Gasteiger partial charge in [0, 0.05) is 13.2 Å². The van der Waals surface area contributed by atoms with Gasteiger partial charge in [0.1, 0.15) is 0 Å². The number of nitrogens with zero attached hydrogens (tertiary/aromatic N) is 1. The molecule has 0 atom stereocenters. The maximum absolute atomic E-state index is 8.58. The summed E-state index contributed by atoms with van der Waals surface area (Å²) in [5, 5.41) is 0. The van der Waals surface area contributed by atoms with Crippen LogP contribution in [0.15, 0.2) is 0 Å². The molecule has 0 saturated carbocycles. The van der Waals surface area contributed by atoms with E-state index in [-0.39, 0.29) is 6.41 Å². The van der Waals surface area contributed by atoms with E-state index in [1.54, 1.807) is 0 Å². The van der Waals surface area contributed by atoms with Crippen molar-refractivity contribution in [2.75, 3.05) is 32.8 Å². The van der Waals surface area contributed by atoms with Gasteiger partial charge in [-0.3, -0.25) is 4.79 Å². The summed E-state index contributed by atoms with van der Waals surface area (Å²) < 4.78 is 5.29. The number of primary amides is 1. The molecular weight excluding hydrogens is 228 g/mol. The summed E-state index contributed by atoms with van der Waals surface area (Å²) in [4.78, 5) is 11.1. The van der Waals surface area contributed by atoms with Gasteiger partial charge in [-0.15, -0.1) is 0 Å². The van der Waals surface area contributed by atoms with Gasteiger partial charge in [-0.05, 0) is 32.9 Å². The molecule has 4 heteroatoms. The Kier molecular flexibility index (Phi) is 31.7. The number of amides is 1. The largest absolute Gasteiger partial charge is 0.380 e. The van der Waals surface area contributed by atoms with Crippen LogP contribution in [0.4, 0.5) is 0 Å². The van der Waals surface area contributed by atoms with Gasteiger partial charge in [0.15, 0.2) is 0 Å². The Hall–Kier alpha value is -0.610. The zero-order valence-electron chi connectivity index (χ0n) is 13.1. The molecule has 1 aliphatic heterocycles. The number of ether oxygens (including phenoxy) is 1. The molecule has 0 radical (unpaired) electrons. The van der Waals surface area contributed by atoms with E-state index in [2.05, 4.69) is 17.6 Å². The molecule has 0 aliphatic carbocycles. The summed E-state index contributed by atoms with van der Waals surface area (Å²) in [5.74, 6) is 0. The summed E-state index contributed by atoms with van der Waals surface area (Å²) in [6, 6.07) is 0. The smallest absolute Gasteiger partial charge is 0.204 e. The van der Waals surface area contributed by atoms with Crippen LogP contribution in [0.3, 0.4) is 0 Å². The Morgan fingerprint density at radius 1 is 1.11 bits per heavy atom. The first-order valence-electron chi connectivity index (χ1n) is 7.30. The Labute approximate surface area is 114 Å². The van der Waals surface area contributed by atoms with Crippen molar-refractivity contribution < 1.29 is 9.53 Å². The summed E-state index contributed by atoms with van der Waals surface area (Å²) in [5.41, 5.74) is 4.17. The van der Waals surface area contributed by atoms with E-state index in [0.29, 0.717) is 0 Å². The second-order valence-corrected chi connectivity index (χ2v) is 3.24. The first kappa shape index (κ1) is 22.6. The number of nitrogens with two attached hydrogens (primary N) is 1. The SMILES string of the molecule is CC.CC.CCOCCN1CCCCC1.NC=O. The predicted octanol–water partition coefficient (Wildman–Crippen LogP) is 2.66. The fraction of sp³-hybridized carbons (Fsp3) is 0.929. The topological polar surface area (TPSA) is 55.6 Å². The molecule has 0 aromatic carbocycles. The van der Waals surface area contributed by atoms with E-state index in [4.69, 9.17) is 9.53 Å². The van der Waals surface area contributed by atoms with Crippen LogP contribution in [-0.2, 0) is 9.53 Å². The molecule has 1 heterocycles. The Morgan fingerprint density at radius 2 is 1.56 bits per heavy atom. The van der Waals surface area contributed by atoms with Crippen molar-refractivity contribution >= 4 is 6.41 Å². The third-order valence-electron chi connectivity index (χ3n) is 2.20. The minimum absolute atomic E-state index is 0.250. The molecule has 1 rings (SSSR count). The van der Waals surface area contributed by atoms with Crippen LogP contribution < -0.4 is 5.73 Å². The number of rotatable bonds is 4. The van der Waals surface area contributed by atoms with Crippen LogP contribution in [-0.4, -0.2) is 44.2 Å². The molecule has 2 N–H and O–H groups in total. The lowest BCUT2D eigenvalue weighted by atomic mass is 10.1. The predicted molar refractivity (Wildman–Crippen MR) is 79.7 cm³/mol. The number of hydrogen-bond acceptors (Lipinski definition) is 3. The lowest BCUT2D eigenvalue weighted by molar-refractivity contribution is -0.106. The molecule has 1 fully saturated rings. The fourth-order valence-electron chi connectivity index (χ4n) is 1.52. The molecule has 0 bridgehead atoms. The highest BCUT2D eigenvalue weighted by molar-refractivity contribution is 5.42. The maximum atomic E-state index is 8.58. The number of likely N-dealkylation sites (tertiary alicyclic amines) is 1. The van der Waals surface area contributed by atoms with Gasteiger partial charge in [-0.25, -0.2) is 0 Å². The van der Waals surface area contributed by atoms with Crippen molar-refractivity contribution in [2.24, 2.45) is 5.73 Å². The molecule has 112 valence electrons. The van der Waals surface area contributed by atoms with Crippen molar-refractivity contribution in [3.8, 4) is 0 Å². The summed E-state index contributed by atoms with van der Waals surface area (Å²) >= 11 is 0. The van der Waals surface area contributed by atoms with E-state index < -0.39 is 0 Å². The molecule has 4 nitrogen and oxygen atoms in total. The molecule has 18 heavy (non-hydrogen) atoms. The lowest BCUT2D eigenvalue weighted by Crippen LogP contribution is -2.32. The van der Waals surface area contributed by atoms with Gasteiger partial charge in [-0.1, -0.05) is 34.1 Å². The zero-order chi connectivity index (χ0) is 14.6. The normalized spacial score (nSPS) is 13.8. The minimum atomic E-state index is 0.250. The molecule has 0 unspecified atom stereocenters. The van der Waals surface area contributed by atoms with Crippen LogP contribution in [0.25, 0.3) is 0 Å². The summed E-state index contributed by atoms with van der Waals surface area (Å²) in [6.45, 7) is 15.5. The highest BCUT2D eigenvalue weighted by Crippen LogP contribution is 2.07. The van der Waals surface area contributed by atoms with Gasteiger partial charge in [0.25, 0.3) is 0 Å². The summed E-state index contributed by atoms with van der Waals surface area (Å²) in [7, 11) is 0. The molecular formula is C14H34N2O2. The lowest BCUT2D eigenvalue weighted by Gasteiger charge is -2.25. The molecule has 1 saturated heterocycles. The number of piperidine rings is 1. The Balaban J connectivity index is -0.000000274. The zero-order valence-corrected chi connectivity index (χ0v) is 13.1. The summed E-state index contributed by atoms with van der Waals surface area (Å²) in [6.07, 6.45) is 4.43. The van der Waals surface area contributed by atoms with Gasteiger partial charge in [-0.2, -0.15) is 0 Å². The highest BCUT2D eigenvalue weighted by Gasteiger charge is 2.08. The van der Waals surface area contributed by atoms with E-state index in [0.717, 1.165) is 19.8 Å². The van der Waals surface area contributed by atoms with Crippen LogP contribution >= 0.6 is 0 Å². The van der Waals surface area contributed by atoms with Crippen molar-refractivity contribution in [1.82, 2.24) is 4.90 Å². The van der Waals surface area contributed by atoms with Crippen LogP contribution in [0, 0.1) is 0 Å². The molecule has 0 spiro atoms. The molecule has 0 aromatic heterocycles. The molecule has 1 aliphatic rings. The standard InChI is InChI=1S/C9H19NO.2C2H6.CH3NO/c1-2-11-9-8-10-6-4-3-5-7-10;2*1-2;2-1-3/h2-9H2,1H3;2*1-2H3;1H,(H2,2,3). The third-order valence-corrected chi connectivity index (χ3v) is 2.20. The average molecular weight is 262 g/mol. The van der Waals surface area contributed by atoms with Gasteiger partial charge in [0.05, 0.1) is 6.61 Å². The van der Waals surface area contributed by atoms with Gasteiger partial charge >= 0.3 is 0 Å². The van der Waals surface area contributed by atoms with Gasteiger partial charge < -0.3 is 15.4 Å².